The first kappa shape index (κ1) is 34.0. The smallest absolute Gasteiger partial charge is 0.391 e. The molecule has 1 aliphatic heterocycles. The zero-order valence-electron chi connectivity index (χ0n) is 23.9. The Morgan fingerprint density at radius 2 is 1.67 bits per heavy atom. The van der Waals surface area contributed by atoms with Crippen LogP contribution in [0.3, 0.4) is 0 Å². The minimum absolute atomic E-state index is 0.235. The minimum atomic E-state index is -4.94. The van der Waals surface area contributed by atoms with E-state index in [4.69, 9.17) is 27.9 Å². The molecule has 4 atom stereocenters. The maximum absolute atomic E-state index is 15.1. The number of ether oxygens (including phenoxy) is 1. The molecule has 1 aliphatic carbocycles. The van der Waals surface area contributed by atoms with Gasteiger partial charge in [-0.1, -0.05) is 59.6 Å². The van der Waals surface area contributed by atoms with E-state index in [-0.39, 0.29) is 28.5 Å². The van der Waals surface area contributed by atoms with Gasteiger partial charge < -0.3 is 14.7 Å². The first-order chi connectivity index (χ1) is 21.7. The second-order valence-electron chi connectivity index (χ2n) is 11.1. The fraction of sp³-hybridized carbons (Fsp3) is 0.355. The molecule has 1 saturated heterocycles. The molecule has 1 N–H and O–H groups in total. The van der Waals surface area contributed by atoms with E-state index >= 15 is 4.39 Å². The minimum Gasteiger partial charge on any atom is -0.481 e. The third-order valence-corrected chi connectivity index (χ3v) is 10.5. The van der Waals surface area contributed by atoms with Crippen LogP contribution in [0.15, 0.2) is 72.8 Å². The molecule has 4 unspecified atom stereocenters. The lowest BCUT2D eigenvalue weighted by molar-refractivity contribution is -0.192. The highest BCUT2D eigenvalue weighted by atomic mass is 35.5. The molecule has 1 amide bonds. The standard InChI is InChI=1S/C31H28Cl2F4N2O6S/c32-20-10-8-18(9-11-20)28-29(19-4-3-5-21(33)14-19)45-26(15-27(40)41)30(42)39(28)22(16-31(35,36)37)17-38(46(43,44)23-12-13-23)25-7-2-1-6-24(25)34/h1-11,14,22-23,26,28-29H,12-13,15-17H2,(H,40,41). The fourth-order valence-corrected chi connectivity index (χ4v) is 7.87. The molecule has 2 aliphatic rings. The number of carbonyl (C=O) groups excluding carboxylic acids is 1. The number of hydrogen-bond donors (Lipinski definition) is 1. The highest BCUT2D eigenvalue weighted by Gasteiger charge is 2.51. The van der Waals surface area contributed by atoms with Gasteiger partial charge in [-0.05, 0) is 60.4 Å². The van der Waals surface area contributed by atoms with E-state index in [9.17, 15) is 36.3 Å². The van der Waals surface area contributed by atoms with E-state index in [1.165, 1.54) is 42.5 Å². The van der Waals surface area contributed by atoms with Crippen LogP contribution in [0.25, 0.3) is 0 Å². The van der Waals surface area contributed by atoms with Gasteiger partial charge >= 0.3 is 12.1 Å². The van der Waals surface area contributed by atoms with Crippen molar-refractivity contribution in [3.63, 3.8) is 0 Å². The van der Waals surface area contributed by atoms with Gasteiger partial charge in [0, 0.05) is 10.0 Å². The molecule has 0 radical (unpaired) electrons. The first-order valence-corrected chi connectivity index (χ1v) is 16.4. The van der Waals surface area contributed by atoms with Gasteiger partial charge in [-0.3, -0.25) is 13.9 Å². The number of benzene rings is 3. The topological polar surface area (TPSA) is 104 Å². The molecule has 1 saturated carbocycles. The molecule has 15 heteroatoms. The highest BCUT2D eigenvalue weighted by molar-refractivity contribution is 7.93. The van der Waals surface area contributed by atoms with E-state index in [0.29, 0.717) is 9.87 Å². The van der Waals surface area contributed by atoms with Crippen molar-refractivity contribution in [3.05, 3.63) is 99.8 Å². The Hall–Kier alpha value is -3.39. The summed E-state index contributed by atoms with van der Waals surface area (Å²) in [6.45, 7) is -0.975. The van der Waals surface area contributed by atoms with Crippen LogP contribution in [0.4, 0.5) is 23.2 Å². The number of alkyl halides is 3. The molecule has 3 aromatic rings. The van der Waals surface area contributed by atoms with Crippen molar-refractivity contribution in [2.24, 2.45) is 0 Å². The molecule has 5 rings (SSSR count). The Bertz CT molecular complexity index is 1710. The van der Waals surface area contributed by atoms with Gasteiger partial charge in [0.1, 0.15) is 18.0 Å². The van der Waals surface area contributed by atoms with Gasteiger partial charge in [0.15, 0.2) is 0 Å². The highest BCUT2D eigenvalue weighted by Crippen LogP contribution is 2.46. The number of carboxylic acid groups (broad SMARTS) is 1. The predicted molar refractivity (Wildman–Crippen MR) is 163 cm³/mol. The van der Waals surface area contributed by atoms with E-state index < -0.39 is 88.5 Å². The zero-order chi connectivity index (χ0) is 33.4. The molecule has 0 spiro atoms. The number of aliphatic carboxylic acids is 1. The lowest BCUT2D eigenvalue weighted by atomic mass is 9.89. The molecule has 46 heavy (non-hydrogen) atoms. The number of halogens is 6. The molecule has 2 fully saturated rings. The average molecular weight is 704 g/mol. The largest absolute Gasteiger partial charge is 0.481 e. The maximum Gasteiger partial charge on any atom is 0.391 e. The Balaban J connectivity index is 1.72. The number of para-hydroxylation sites is 1. The molecular weight excluding hydrogens is 675 g/mol. The van der Waals surface area contributed by atoms with Crippen LogP contribution in [0.2, 0.25) is 10.0 Å². The fourth-order valence-electron chi connectivity index (χ4n) is 5.65. The molecular formula is C31H28Cl2F4N2O6S. The van der Waals surface area contributed by atoms with E-state index in [2.05, 4.69) is 0 Å². The lowest BCUT2D eigenvalue weighted by Gasteiger charge is -2.49. The van der Waals surface area contributed by atoms with Crippen LogP contribution >= 0.6 is 23.2 Å². The Labute approximate surface area is 272 Å². The van der Waals surface area contributed by atoms with Crippen LogP contribution in [0, 0.1) is 5.82 Å². The summed E-state index contributed by atoms with van der Waals surface area (Å²) in [5.74, 6) is -3.54. The maximum atomic E-state index is 15.1. The van der Waals surface area contributed by atoms with E-state index in [1.54, 1.807) is 18.2 Å². The van der Waals surface area contributed by atoms with Gasteiger partial charge in [-0.15, -0.1) is 0 Å². The van der Waals surface area contributed by atoms with E-state index in [0.717, 1.165) is 17.0 Å². The summed E-state index contributed by atoms with van der Waals surface area (Å²) >= 11 is 12.4. The molecule has 8 nitrogen and oxygen atoms in total. The molecule has 246 valence electrons. The zero-order valence-corrected chi connectivity index (χ0v) is 26.2. The number of hydrogen-bond acceptors (Lipinski definition) is 5. The monoisotopic (exact) mass is 702 g/mol. The summed E-state index contributed by atoms with van der Waals surface area (Å²) in [4.78, 5) is 26.8. The van der Waals surface area contributed by atoms with Crippen molar-refractivity contribution < 1.29 is 45.4 Å². The Kier molecular flexibility index (Phi) is 9.88. The van der Waals surface area contributed by atoms with Crippen molar-refractivity contribution >= 4 is 50.8 Å². The molecule has 1 heterocycles. The number of nitrogens with zero attached hydrogens (tertiary/aromatic N) is 2. The van der Waals surface area contributed by atoms with Crippen molar-refractivity contribution in [3.8, 4) is 0 Å². The van der Waals surface area contributed by atoms with E-state index in [1.807, 2.05) is 0 Å². The summed E-state index contributed by atoms with van der Waals surface area (Å²) < 4.78 is 92.4. The van der Waals surface area contributed by atoms with Crippen molar-refractivity contribution in [2.75, 3.05) is 10.8 Å². The number of carboxylic acids is 1. The van der Waals surface area contributed by atoms with Crippen molar-refractivity contribution in [1.82, 2.24) is 4.90 Å². The summed E-state index contributed by atoms with van der Waals surface area (Å²) in [5.41, 5.74) is 0.118. The number of rotatable bonds is 11. The average Bonchev–Trinajstić information content (AvgIpc) is 3.83. The predicted octanol–water partition coefficient (Wildman–Crippen LogP) is 6.94. The number of sulfonamides is 1. The quantitative estimate of drug-likeness (QED) is 0.217. The van der Waals surface area contributed by atoms with Crippen LogP contribution in [-0.2, 0) is 24.3 Å². The second-order valence-corrected chi connectivity index (χ2v) is 14.2. The van der Waals surface area contributed by atoms with Crippen LogP contribution in [0.1, 0.15) is 49.0 Å². The van der Waals surface area contributed by atoms with Crippen LogP contribution in [0.5, 0.6) is 0 Å². The van der Waals surface area contributed by atoms with Crippen molar-refractivity contribution in [2.45, 2.75) is 61.4 Å². The van der Waals surface area contributed by atoms with Crippen molar-refractivity contribution in [1.29, 1.82) is 0 Å². The van der Waals surface area contributed by atoms with Gasteiger partial charge in [0.05, 0.1) is 42.4 Å². The second kappa shape index (κ2) is 13.4. The summed E-state index contributed by atoms with van der Waals surface area (Å²) in [7, 11) is -4.37. The van der Waals surface area contributed by atoms with Gasteiger partial charge in [-0.25, -0.2) is 12.8 Å². The first-order valence-electron chi connectivity index (χ1n) is 14.2. The molecule has 0 aromatic heterocycles. The number of amides is 1. The lowest BCUT2D eigenvalue weighted by Crippen LogP contribution is -2.59. The van der Waals surface area contributed by atoms with Crippen LogP contribution in [-0.4, -0.2) is 60.4 Å². The van der Waals surface area contributed by atoms with Gasteiger partial charge in [0.25, 0.3) is 5.91 Å². The summed E-state index contributed by atoms with van der Waals surface area (Å²) in [6, 6.07) is 13.5. The van der Waals surface area contributed by atoms with Gasteiger partial charge in [0.2, 0.25) is 10.0 Å². The third-order valence-electron chi connectivity index (χ3n) is 7.79. The summed E-state index contributed by atoms with van der Waals surface area (Å²) in [6.07, 6.45) is -10.1. The SMILES string of the molecule is O=C(O)CC1OC(c2cccc(Cl)c2)C(c2ccc(Cl)cc2)N(C(CN(c2ccccc2F)S(=O)(=O)C2CC2)CC(F)(F)F)C1=O. The Morgan fingerprint density at radius 1 is 1.00 bits per heavy atom. The van der Waals surface area contributed by atoms with Gasteiger partial charge in [-0.2, -0.15) is 13.2 Å². The normalized spacial score (nSPS) is 21.2. The van der Waals surface area contributed by atoms with Crippen LogP contribution < -0.4 is 4.31 Å². The molecule has 0 bridgehead atoms. The number of morpholine rings is 1. The summed E-state index contributed by atoms with van der Waals surface area (Å²) in [5, 5.41) is 9.20. The third kappa shape index (κ3) is 7.59. The number of carbonyl (C=O) groups is 2. The molecule has 3 aromatic carbocycles. The Morgan fingerprint density at radius 3 is 2.26 bits per heavy atom. The number of anilines is 1.